The summed E-state index contributed by atoms with van der Waals surface area (Å²) < 4.78 is 0. The minimum absolute atomic E-state index is 0.0198. The second-order valence-corrected chi connectivity index (χ2v) is 4.28. The fourth-order valence-electron chi connectivity index (χ4n) is 2.16. The second kappa shape index (κ2) is 6.37. The first kappa shape index (κ1) is 13.7. The van der Waals surface area contributed by atoms with Gasteiger partial charge in [0.05, 0.1) is 6.04 Å². The maximum atomic E-state index is 11.9. The summed E-state index contributed by atoms with van der Waals surface area (Å²) in [6.45, 7) is 5.09. The highest BCUT2D eigenvalue weighted by atomic mass is 16.2. The van der Waals surface area contributed by atoms with Crippen LogP contribution in [0.3, 0.4) is 0 Å². The molecule has 5 nitrogen and oxygen atoms in total. The van der Waals surface area contributed by atoms with Crippen LogP contribution in [-0.2, 0) is 14.4 Å². The van der Waals surface area contributed by atoms with Gasteiger partial charge < -0.3 is 14.6 Å². The monoisotopic (exact) mass is 240 g/mol. The fourth-order valence-corrected chi connectivity index (χ4v) is 2.16. The van der Waals surface area contributed by atoms with Crippen molar-refractivity contribution in [2.45, 2.75) is 39.2 Å². The largest absolute Gasteiger partial charge is 0.343 e. The van der Waals surface area contributed by atoms with Crippen LogP contribution in [0.5, 0.6) is 0 Å². The van der Waals surface area contributed by atoms with Crippen molar-refractivity contribution in [2.24, 2.45) is 0 Å². The standard InChI is InChI=1S/C12H20N2O3/c1-3-13(10(2)16)8-6-12(17)14-7-4-5-11(14)9-15/h9,11H,3-8H2,1-2H3/t11-/m0/s1. The summed E-state index contributed by atoms with van der Waals surface area (Å²) in [7, 11) is 0. The Morgan fingerprint density at radius 2 is 2.18 bits per heavy atom. The number of carbonyl (C=O) groups is 3. The van der Waals surface area contributed by atoms with Gasteiger partial charge in [-0.2, -0.15) is 0 Å². The highest BCUT2D eigenvalue weighted by Crippen LogP contribution is 2.16. The van der Waals surface area contributed by atoms with Crippen LogP contribution in [0.15, 0.2) is 0 Å². The minimum atomic E-state index is -0.255. The lowest BCUT2D eigenvalue weighted by Gasteiger charge is -2.23. The van der Waals surface area contributed by atoms with Crippen molar-refractivity contribution >= 4 is 18.1 Å². The van der Waals surface area contributed by atoms with Gasteiger partial charge in [0.15, 0.2) is 0 Å². The van der Waals surface area contributed by atoms with E-state index in [1.165, 1.54) is 6.92 Å². The van der Waals surface area contributed by atoms with Gasteiger partial charge in [0, 0.05) is 33.0 Å². The summed E-state index contributed by atoms with van der Waals surface area (Å²) in [5.74, 6) is -0.0482. The lowest BCUT2D eigenvalue weighted by atomic mass is 10.2. The van der Waals surface area contributed by atoms with E-state index in [0.29, 0.717) is 26.1 Å². The van der Waals surface area contributed by atoms with E-state index in [0.717, 1.165) is 19.1 Å². The van der Waals surface area contributed by atoms with Crippen LogP contribution in [0.1, 0.15) is 33.1 Å². The summed E-state index contributed by atoms with van der Waals surface area (Å²) in [5, 5.41) is 0. The van der Waals surface area contributed by atoms with Gasteiger partial charge in [-0.05, 0) is 19.8 Å². The van der Waals surface area contributed by atoms with E-state index >= 15 is 0 Å². The summed E-state index contributed by atoms with van der Waals surface area (Å²) in [5.41, 5.74) is 0. The molecule has 0 bridgehead atoms. The number of rotatable bonds is 5. The number of likely N-dealkylation sites (tertiary alicyclic amines) is 1. The average molecular weight is 240 g/mol. The lowest BCUT2D eigenvalue weighted by molar-refractivity contribution is -0.136. The van der Waals surface area contributed by atoms with Crippen LogP contribution < -0.4 is 0 Å². The molecule has 0 aromatic rings. The first-order chi connectivity index (χ1) is 8.10. The molecule has 1 atom stereocenters. The molecule has 1 fully saturated rings. The molecule has 96 valence electrons. The highest BCUT2D eigenvalue weighted by molar-refractivity contribution is 5.81. The Morgan fingerprint density at radius 3 is 2.71 bits per heavy atom. The number of carbonyl (C=O) groups excluding carboxylic acids is 3. The number of nitrogens with zero attached hydrogens (tertiary/aromatic N) is 2. The molecule has 1 heterocycles. The molecule has 0 aromatic heterocycles. The van der Waals surface area contributed by atoms with Crippen LogP contribution in [0, 0.1) is 0 Å². The molecular weight excluding hydrogens is 220 g/mol. The Bertz CT molecular complexity index is 304. The first-order valence-electron chi connectivity index (χ1n) is 6.10. The average Bonchev–Trinajstić information content (AvgIpc) is 2.77. The molecule has 0 saturated carbocycles. The normalized spacial score (nSPS) is 19.2. The maximum Gasteiger partial charge on any atom is 0.224 e. The van der Waals surface area contributed by atoms with Crippen molar-refractivity contribution in [1.29, 1.82) is 0 Å². The lowest BCUT2D eigenvalue weighted by Crippen LogP contribution is -2.39. The zero-order valence-corrected chi connectivity index (χ0v) is 10.5. The van der Waals surface area contributed by atoms with Crippen LogP contribution in [0.25, 0.3) is 0 Å². The molecular formula is C12H20N2O3. The topological polar surface area (TPSA) is 57.7 Å². The van der Waals surface area contributed by atoms with Gasteiger partial charge in [0.25, 0.3) is 0 Å². The van der Waals surface area contributed by atoms with Crippen molar-refractivity contribution in [1.82, 2.24) is 9.80 Å². The quantitative estimate of drug-likeness (QED) is 0.655. The van der Waals surface area contributed by atoms with Crippen LogP contribution >= 0.6 is 0 Å². The summed E-state index contributed by atoms with van der Waals surface area (Å²) in [4.78, 5) is 37.1. The Balaban J connectivity index is 2.43. The van der Waals surface area contributed by atoms with Crippen molar-refractivity contribution in [2.75, 3.05) is 19.6 Å². The molecule has 0 spiro atoms. The van der Waals surface area contributed by atoms with Crippen molar-refractivity contribution in [3.63, 3.8) is 0 Å². The highest BCUT2D eigenvalue weighted by Gasteiger charge is 2.28. The van der Waals surface area contributed by atoms with E-state index in [2.05, 4.69) is 0 Å². The predicted octanol–water partition coefficient (Wildman–Crippen LogP) is 0.435. The molecule has 1 saturated heterocycles. The van der Waals surface area contributed by atoms with Crippen molar-refractivity contribution < 1.29 is 14.4 Å². The smallest absolute Gasteiger partial charge is 0.224 e. The first-order valence-corrected chi connectivity index (χ1v) is 6.10. The molecule has 0 radical (unpaired) electrons. The van der Waals surface area contributed by atoms with E-state index in [1.54, 1.807) is 9.80 Å². The van der Waals surface area contributed by atoms with Gasteiger partial charge in [0.1, 0.15) is 6.29 Å². The molecule has 5 heteroatoms. The van der Waals surface area contributed by atoms with E-state index < -0.39 is 0 Å². The number of hydrogen-bond acceptors (Lipinski definition) is 3. The summed E-state index contributed by atoms with van der Waals surface area (Å²) in [6.07, 6.45) is 2.80. The van der Waals surface area contributed by atoms with E-state index in [4.69, 9.17) is 0 Å². The Morgan fingerprint density at radius 1 is 1.47 bits per heavy atom. The van der Waals surface area contributed by atoms with Gasteiger partial charge >= 0.3 is 0 Å². The summed E-state index contributed by atoms with van der Waals surface area (Å²) >= 11 is 0. The molecule has 0 aromatic carbocycles. The van der Waals surface area contributed by atoms with E-state index in [9.17, 15) is 14.4 Å². The summed E-state index contributed by atoms with van der Waals surface area (Å²) in [6, 6.07) is -0.255. The third kappa shape index (κ3) is 3.54. The van der Waals surface area contributed by atoms with E-state index in [-0.39, 0.29) is 17.9 Å². The zero-order valence-electron chi connectivity index (χ0n) is 10.5. The Hall–Kier alpha value is -1.39. The van der Waals surface area contributed by atoms with Gasteiger partial charge in [-0.25, -0.2) is 0 Å². The predicted molar refractivity (Wildman–Crippen MR) is 63.3 cm³/mol. The van der Waals surface area contributed by atoms with E-state index in [1.807, 2.05) is 6.92 Å². The number of amides is 2. The van der Waals surface area contributed by atoms with Gasteiger partial charge in [0.2, 0.25) is 11.8 Å². The Kier molecular flexibility index (Phi) is 5.12. The van der Waals surface area contributed by atoms with Crippen molar-refractivity contribution in [3.05, 3.63) is 0 Å². The zero-order chi connectivity index (χ0) is 12.8. The molecule has 1 aliphatic rings. The van der Waals surface area contributed by atoms with Crippen LogP contribution in [0.4, 0.5) is 0 Å². The maximum absolute atomic E-state index is 11.9. The SMILES string of the molecule is CCN(CCC(=O)N1CCC[C@H]1C=O)C(C)=O. The molecule has 1 aliphatic heterocycles. The van der Waals surface area contributed by atoms with Crippen LogP contribution in [-0.4, -0.2) is 53.6 Å². The molecule has 17 heavy (non-hydrogen) atoms. The van der Waals surface area contributed by atoms with Gasteiger partial charge in [-0.3, -0.25) is 9.59 Å². The third-order valence-corrected chi connectivity index (χ3v) is 3.20. The molecule has 0 unspecified atom stereocenters. The fraction of sp³-hybridized carbons (Fsp3) is 0.750. The molecule has 0 N–H and O–H groups in total. The van der Waals surface area contributed by atoms with Gasteiger partial charge in [-0.15, -0.1) is 0 Å². The number of hydrogen-bond donors (Lipinski definition) is 0. The van der Waals surface area contributed by atoms with Crippen LogP contribution in [0.2, 0.25) is 0 Å². The minimum Gasteiger partial charge on any atom is -0.343 e. The third-order valence-electron chi connectivity index (χ3n) is 3.20. The molecule has 0 aliphatic carbocycles. The van der Waals surface area contributed by atoms with Crippen molar-refractivity contribution in [3.8, 4) is 0 Å². The Labute approximate surface area is 102 Å². The number of aldehydes is 1. The second-order valence-electron chi connectivity index (χ2n) is 4.28. The molecule has 1 rings (SSSR count). The molecule has 2 amide bonds. The van der Waals surface area contributed by atoms with Gasteiger partial charge in [-0.1, -0.05) is 0 Å².